The van der Waals surface area contributed by atoms with Gasteiger partial charge in [0, 0.05) is 19.7 Å². The Balaban J connectivity index is 2.61. The van der Waals surface area contributed by atoms with Crippen LogP contribution in [0, 0.1) is 18.8 Å². The number of aryl methyl sites for hydroxylation is 1. The van der Waals surface area contributed by atoms with Gasteiger partial charge in [-0.05, 0) is 43.0 Å². The number of hydrogen-bond acceptors (Lipinski definition) is 3. The Bertz CT molecular complexity index is 390. The van der Waals surface area contributed by atoms with Gasteiger partial charge in [0.2, 0.25) is 0 Å². The van der Waals surface area contributed by atoms with Crippen LogP contribution in [-0.4, -0.2) is 37.3 Å². The molecule has 1 N–H and O–H groups in total. The fourth-order valence-corrected chi connectivity index (χ4v) is 2.29. The van der Waals surface area contributed by atoms with E-state index in [1.807, 2.05) is 6.07 Å². The number of nitrogens with zero attached hydrogens (tertiary/aromatic N) is 1. The molecule has 0 fully saturated rings. The number of rotatable bonds is 7. The number of hydrogen-bond donors (Lipinski definition) is 1. The summed E-state index contributed by atoms with van der Waals surface area (Å²) in [4.78, 5) is 2.27. The molecule has 0 heterocycles. The first-order valence-electron chi connectivity index (χ1n) is 6.90. The van der Waals surface area contributed by atoms with Crippen molar-refractivity contribution in [3.8, 4) is 5.75 Å². The third-order valence-corrected chi connectivity index (χ3v) is 3.64. The summed E-state index contributed by atoms with van der Waals surface area (Å²) in [6.07, 6.45) is 0. The summed E-state index contributed by atoms with van der Waals surface area (Å²) in [5, 5.41) is 9.38. The van der Waals surface area contributed by atoms with Crippen LogP contribution < -0.4 is 4.74 Å². The van der Waals surface area contributed by atoms with Crippen molar-refractivity contribution in [1.29, 1.82) is 0 Å². The van der Waals surface area contributed by atoms with Gasteiger partial charge in [0.1, 0.15) is 5.75 Å². The van der Waals surface area contributed by atoms with Gasteiger partial charge >= 0.3 is 0 Å². The fraction of sp³-hybridized carbons (Fsp3) is 0.625. The van der Waals surface area contributed by atoms with Gasteiger partial charge in [0.05, 0.1) is 7.11 Å². The van der Waals surface area contributed by atoms with E-state index in [0.29, 0.717) is 11.8 Å². The maximum Gasteiger partial charge on any atom is 0.121 e. The van der Waals surface area contributed by atoms with Gasteiger partial charge in [0.25, 0.3) is 0 Å². The van der Waals surface area contributed by atoms with Gasteiger partial charge in [-0.15, -0.1) is 0 Å². The van der Waals surface area contributed by atoms with Crippen LogP contribution in [0.4, 0.5) is 0 Å². The smallest absolute Gasteiger partial charge is 0.121 e. The molecule has 1 unspecified atom stereocenters. The zero-order valence-electron chi connectivity index (χ0n) is 12.8. The molecular weight excluding hydrogens is 238 g/mol. The Labute approximate surface area is 117 Å². The van der Waals surface area contributed by atoms with Crippen LogP contribution in [0.2, 0.25) is 0 Å². The molecule has 3 heteroatoms. The predicted molar refractivity (Wildman–Crippen MR) is 79.5 cm³/mol. The molecule has 108 valence electrons. The highest BCUT2D eigenvalue weighted by atomic mass is 16.5. The minimum absolute atomic E-state index is 0.254. The summed E-state index contributed by atoms with van der Waals surface area (Å²) >= 11 is 0. The monoisotopic (exact) mass is 265 g/mol. The van der Waals surface area contributed by atoms with Crippen molar-refractivity contribution in [2.45, 2.75) is 27.3 Å². The van der Waals surface area contributed by atoms with Gasteiger partial charge in [0.15, 0.2) is 0 Å². The van der Waals surface area contributed by atoms with Crippen LogP contribution in [0.5, 0.6) is 5.75 Å². The topological polar surface area (TPSA) is 32.7 Å². The van der Waals surface area contributed by atoms with E-state index in [1.165, 1.54) is 5.56 Å². The fourth-order valence-electron chi connectivity index (χ4n) is 2.29. The maximum absolute atomic E-state index is 9.38. The Hall–Kier alpha value is -1.06. The van der Waals surface area contributed by atoms with Crippen LogP contribution in [0.25, 0.3) is 0 Å². The van der Waals surface area contributed by atoms with Crippen molar-refractivity contribution in [2.75, 3.05) is 27.3 Å². The molecule has 0 saturated carbocycles. The van der Waals surface area contributed by atoms with E-state index in [2.05, 4.69) is 44.9 Å². The second kappa shape index (κ2) is 7.51. The van der Waals surface area contributed by atoms with Gasteiger partial charge < -0.3 is 14.7 Å². The minimum Gasteiger partial charge on any atom is -0.496 e. The van der Waals surface area contributed by atoms with Crippen molar-refractivity contribution >= 4 is 0 Å². The average molecular weight is 265 g/mol. The first-order valence-corrected chi connectivity index (χ1v) is 6.90. The van der Waals surface area contributed by atoms with Crippen LogP contribution in [0.15, 0.2) is 18.2 Å². The molecule has 1 atom stereocenters. The van der Waals surface area contributed by atoms with Crippen molar-refractivity contribution in [2.24, 2.45) is 11.8 Å². The molecule has 0 radical (unpaired) electrons. The molecule has 0 amide bonds. The standard InChI is InChI=1S/C16H27NO2/c1-12(2)15(11-18)10-17(4)9-14-6-7-16(19-5)13(3)8-14/h6-8,12,15,18H,9-11H2,1-5H3. The Morgan fingerprint density at radius 2 is 2.00 bits per heavy atom. The summed E-state index contributed by atoms with van der Waals surface area (Å²) in [7, 11) is 3.80. The molecule has 0 aliphatic carbocycles. The summed E-state index contributed by atoms with van der Waals surface area (Å²) in [6, 6.07) is 6.29. The molecule has 3 nitrogen and oxygen atoms in total. The molecule has 19 heavy (non-hydrogen) atoms. The molecule has 0 aliphatic rings. The van der Waals surface area contributed by atoms with Crippen molar-refractivity contribution in [1.82, 2.24) is 4.90 Å². The van der Waals surface area contributed by atoms with E-state index in [-0.39, 0.29) is 6.61 Å². The Morgan fingerprint density at radius 3 is 2.47 bits per heavy atom. The average Bonchev–Trinajstić information content (AvgIpc) is 2.35. The number of ether oxygens (including phenoxy) is 1. The van der Waals surface area contributed by atoms with Crippen LogP contribution in [0.3, 0.4) is 0 Å². The zero-order valence-corrected chi connectivity index (χ0v) is 12.8. The van der Waals surface area contributed by atoms with Gasteiger partial charge in [-0.2, -0.15) is 0 Å². The Morgan fingerprint density at radius 1 is 1.32 bits per heavy atom. The maximum atomic E-state index is 9.38. The first-order chi connectivity index (χ1) is 8.97. The highest BCUT2D eigenvalue weighted by Crippen LogP contribution is 2.20. The quantitative estimate of drug-likeness (QED) is 0.823. The van der Waals surface area contributed by atoms with Gasteiger partial charge in [-0.25, -0.2) is 0 Å². The lowest BCUT2D eigenvalue weighted by Gasteiger charge is -2.25. The predicted octanol–water partition coefficient (Wildman–Crippen LogP) is 2.70. The molecule has 0 bridgehead atoms. The van der Waals surface area contributed by atoms with Gasteiger partial charge in [-0.1, -0.05) is 26.0 Å². The second-order valence-electron chi connectivity index (χ2n) is 5.69. The third kappa shape index (κ3) is 4.84. The van der Waals surface area contributed by atoms with E-state index < -0.39 is 0 Å². The molecule has 0 saturated heterocycles. The second-order valence-corrected chi connectivity index (χ2v) is 5.69. The lowest BCUT2D eigenvalue weighted by molar-refractivity contribution is 0.143. The largest absolute Gasteiger partial charge is 0.496 e. The van der Waals surface area contributed by atoms with Crippen molar-refractivity contribution in [3.63, 3.8) is 0 Å². The SMILES string of the molecule is COc1ccc(CN(C)CC(CO)C(C)C)cc1C. The molecule has 1 aromatic carbocycles. The zero-order chi connectivity index (χ0) is 14.4. The molecule has 0 aliphatic heterocycles. The summed E-state index contributed by atoms with van der Waals surface area (Å²) < 4.78 is 5.27. The first kappa shape index (κ1) is 16.0. The normalized spacial score (nSPS) is 13.1. The van der Waals surface area contributed by atoms with E-state index in [1.54, 1.807) is 7.11 Å². The van der Waals surface area contributed by atoms with Crippen LogP contribution in [-0.2, 0) is 6.54 Å². The number of aliphatic hydroxyl groups is 1. The van der Waals surface area contributed by atoms with E-state index in [0.717, 1.165) is 24.4 Å². The molecule has 1 rings (SSSR count). The third-order valence-electron chi connectivity index (χ3n) is 3.64. The van der Waals surface area contributed by atoms with Crippen LogP contribution in [0.1, 0.15) is 25.0 Å². The number of aliphatic hydroxyl groups excluding tert-OH is 1. The lowest BCUT2D eigenvalue weighted by atomic mass is 9.96. The van der Waals surface area contributed by atoms with E-state index >= 15 is 0 Å². The van der Waals surface area contributed by atoms with Crippen molar-refractivity contribution in [3.05, 3.63) is 29.3 Å². The lowest BCUT2D eigenvalue weighted by Crippen LogP contribution is -2.30. The highest BCUT2D eigenvalue weighted by Gasteiger charge is 2.14. The van der Waals surface area contributed by atoms with E-state index in [9.17, 15) is 5.11 Å². The Kier molecular flexibility index (Phi) is 6.32. The molecular formula is C16H27NO2. The number of methoxy groups -OCH3 is 1. The van der Waals surface area contributed by atoms with Gasteiger partial charge in [-0.3, -0.25) is 0 Å². The van der Waals surface area contributed by atoms with Crippen molar-refractivity contribution < 1.29 is 9.84 Å². The van der Waals surface area contributed by atoms with E-state index in [4.69, 9.17) is 4.74 Å². The molecule has 0 aromatic heterocycles. The highest BCUT2D eigenvalue weighted by molar-refractivity contribution is 5.36. The summed E-state index contributed by atoms with van der Waals surface area (Å²) in [5.41, 5.74) is 2.44. The summed E-state index contributed by atoms with van der Waals surface area (Å²) in [6.45, 7) is 8.45. The number of benzene rings is 1. The molecule has 0 spiro atoms. The summed E-state index contributed by atoms with van der Waals surface area (Å²) in [5.74, 6) is 1.77. The van der Waals surface area contributed by atoms with Crippen LogP contribution >= 0.6 is 0 Å². The molecule has 1 aromatic rings. The minimum atomic E-state index is 0.254.